The van der Waals surface area contributed by atoms with Crippen LogP contribution in [0.25, 0.3) is 16.9 Å². The lowest BCUT2D eigenvalue weighted by molar-refractivity contribution is 0.504. The molecule has 132 valence electrons. The van der Waals surface area contributed by atoms with Gasteiger partial charge < -0.3 is 4.42 Å². The SMILES string of the molecule is CS(=O)(=O)c1cc(F)c(-c2coc(=O)n2-c2ccc(C#N)cc2)cc1F. The first-order chi connectivity index (χ1) is 12.2. The second-order valence-electron chi connectivity index (χ2n) is 5.42. The summed E-state index contributed by atoms with van der Waals surface area (Å²) < 4.78 is 57.4. The largest absolute Gasteiger partial charge is 0.424 e. The van der Waals surface area contributed by atoms with Gasteiger partial charge >= 0.3 is 5.76 Å². The van der Waals surface area contributed by atoms with Crippen molar-refractivity contribution in [1.29, 1.82) is 5.26 Å². The van der Waals surface area contributed by atoms with Crippen LogP contribution in [0.2, 0.25) is 0 Å². The Hall–Kier alpha value is -3.25. The highest BCUT2D eigenvalue weighted by Gasteiger charge is 2.22. The van der Waals surface area contributed by atoms with Crippen LogP contribution >= 0.6 is 0 Å². The first-order valence-corrected chi connectivity index (χ1v) is 9.02. The summed E-state index contributed by atoms with van der Waals surface area (Å²) in [6.07, 6.45) is 1.70. The molecule has 26 heavy (non-hydrogen) atoms. The van der Waals surface area contributed by atoms with E-state index in [1.807, 2.05) is 6.07 Å². The van der Waals surface area contributed by atoms with Gasteiger partial charge in [-0.05, 0) is 36.4 Å². The number of rotatable bonds is 3. The van der Waals surface area contributed by atoms with Gasteiger partial charge in [-0.15, -0.1) is 0 Å². The molecule has 0 atom stereocenters. The van der Waals surface area contributed by atoms with Crippen molar-refractivity contribution in [1.82, 2.24) is 4.57 Å². The predicted octanol–water partition coefficient (Wildman–Crippen LogP) is 2.65. The quantitative estimate of drug-likeness (QED) is 0.701. The molecule has 1 aromatic heterocycles. The molecule has 0 saturated carbocycles. The summed E-state index contributed by atoms with van der Waals surface area (Å²) in [5.41, 5.74) is 0.174. The molecular weight excluding hydrogens is 366 g/mol. The smallest absolute Gasteiger partial charge is 0.415 e. The summed E-state index contributed by atoms with van der Waals surface area (Å²) in [5, 5.41) is 8.83. The lowest BCUT2D eigenvalue weighted by Crippen LogP contribution is -2.13. The molecule has 0 saturated heterocycles. The van der Waals surface area contributed by atoms with Crippen molar-refractivity contribution in [2.24, 2.45) is 0 Å². The van der Waals surface area contributed by atoms with Gasteiger partial charge in [-0.2, -0.15) is 5.26 Å². The molecule has 0 aliphatic heterocycles. The Bertz CT molecular complexity index is 1200. The average molecular weight is 376 g/mol. The van der Waals surface area contributed by atoms with E-state index in [1.54, 1.807) is 0 Å². The Kier molecular flexibility index (Phi) is 4.21. The predicted molar refractivity (Wildman–Crippen MR) is 87.5 cm³/mol. The van der Waals surface area contributed by atoms with Gasteiger partial charge in [0.05, 0.1) is 23.0 Å². The molecule has 0 aliphatic carbocycles. The van der Waals surface area contributed by atoms with Crippen LogP contribution in [0.4, 0.5) is 8.78 Å². The van der Waals surface area contributed by atoms with E-state index < -0.39 is 32.1 Å². The van der Waals surface area contributed by atoms with Crippen molar-refractivity contribution < 1.29 is 21.6 Å². The lowest BCUT2D eigenvalue weighted by atomic mass is 10.1. The summed E-state index contributed by atoms with van der Waals surface area (Å²) in [6, 6.07) is 8.95. The topological polar surface area (TPSA) is 93.1 Å². The van der Waals surface area contributed by atoms with Gasteiger partial charge in [0.2, 0.25) is 0 Å². The molecule has 2 aromatic carbocycles. The number of nitriles is 1. The summed E-state index contributed by atoms with van der Waals surface area (Å²) >= 11 is 0. The Morgan fingerprint density at radius 2 is 1.77 bits per heavy atom. The number of aromatic nitrogens is 1. The van der Waals surface area contributed by atoms with Gasteiger partial charge in [0.1, 0.15) is 22.8 Å². The fourth-order valence-electron chi connectivity index (χ4n) is 2.43. The second-order valence-corrected chi connectivity index (χ2v) is 7.40. The molecule has 0 unspecified atom stereocenters. The highest BCUT2D eigenvalue weighted by Crippen LogP contribution is 2.28. The minimum Gasteiger partial charge on any atom is -0.415 e. The molecule has 0 bridgehead atoms. The highest BCUT2D eigenvalue weighted by molar-refractivity contribution is 7.90. The van der Waals surface area contributed by atoms with Crippen LogP contribution < -0.4 is 5.76 Å². The number of hydrogen-bond donors (Lipinski definition) is 0. The third-order valence-electron chi connectivity index (χ3n) is 3.65. The Balaban J connectivity index is 2.22. The van der Waals surface area contributed by atoms with Crippen molar-refractivity contribution in [2.45, 2.75) is 4.90 Å². The molecule has 3 rings (SSSR count). The van der Waals surface area contributed by atoms with Gasteiger partial charge in [-0.1, -0.05) is 0 Å². The zero-order chi connectivity index (χ0) is 19.1. The fraction of sp³-hybridized carbons (Fsp3) is 0.0588. The molecule has 3 aromatic rings. The van der Waals surface area contributed by atoms with Gasteiger partial charge in [-0.3, -0.25) is 0 Å². The first-order valence-electron chi connectivity index (χ1n) is 7.13. The second kappa shape index (κ2) is 6.24. The van der Waals surface area contributed by atoms with Crippen molar-refractivity contribution in [3.05, 3.63) is 70.4 Å². The maximum atomic E-state index is 14.4. The molecule has 0 aliphatic rings. The number of nitrogens with zero attached hydrogens (tertiary/aromatic N) is 2. The minimum absolute atomic E-state index is 0.101. The molecular formula is C17H10F2N2O4S. The van der Waals surface area contributed by atoms with E-state index in [9.17, 15) is 22.0 Å². The van der Waals surface area contributed by atoms with Crippen molar-refractivity contribution in [3.63, 3.8) is 0 Å². The molecule has 1 heterocycles. The van der Waals surface area contributed by atoms with Crippen LogP contribution in [0.3, 0.4) is 0 Å². The summed E-state index contributed by atoms with van der Waals surface area (Å²) in [4.78, 5) is 11.2. The van der Waals surface area contributed by atoms with Crippen LogP contribution in [-0.4, -0.2) is 19.2 Å². The monoisotopic (exact) mass is 376 g/mol. The zero-order valence-corrected chi connectivity index (χ0v) is 14.0. The number of oxazole rings is 1. The van der Waals surface area contributed by atoms with Crippen molar-refractivity contribution in [2.75, 3.05) is 6.26 Å². The average Bonchev–Trinajstić information content (AvgIpc) is 2.97. The normalized spacial score (nSPS) is 11.3. The number of sulfone groups is 1. The van der Waals surface area contributed by atoms with Crippen molar-refractivity contribution in [3.8, 4) is 23.0 Å². The van der Waals surface area contributed by atoms with Crippen LogP contribution in [-0.2, 0) is 9.84 Å². The molecule has 6 nitrogen and oxygen atoms in total. The Labute approximate surface area is 146 Å². The van der Waals surface area contributed by atoms with E-state index in [4.69, 9.17) is 9.68 Å². The van der Waals surface area contributed by atoms with Gasteiger partial charge in [-0.25, -0.2) is 26.6 Å². The third kappa shape index (κ3) is 3.02. The lowest BCUT2D eigenvalue weighted by Gasteiger charge is -2.09. The maximum absolute atomic E-state index is 14.4. The molecule has 0 N–H and O–H groups in total. The number of hydrogen-bond acceptors (Lipinski definition) is 5. The molecule has 0 fully saturated rings. The fourth-order valence-corrected chi connectivity index (χ4v) is 3.16. The zero-order valence-electron chi connectivity index (χ0n) is 13.2. The molecule has 0 radical (unpaired) electrons. The standard InChI is InChI=1S/C17H10F2N2O4S/c1-26(23,24)16-7-13(18)12(6-14(16)19)15-9-25-17(22)21(15)11-4-2-10(8-20)3-5-11/h2-7,9H,1H3. The van der Waals surface area contributed by atoms with E-state index in [1.165, 1.54) is 24.3 Å². The molecule has 9 heteroatoms. The summed E-state index contributed by atoms with van der Waals surface area (Å²) in [6.45, 7) is 0. The Morgan fingerprint density at radius 1 is 1.12 bits per heavy atom. The number of halogens is 2. The molecule has 0 spiro atoms. The van der Waals surface area contributed by atoms with Crippen LogP contribution in [0.1, 0.15) is 5.56 Å². The van der Waals surface area contributed by atoms with Gasteiger partial charge in [0.15, 0.2) is 9.84 Å². The van der Waals surface area contributed by atoms with Crippen LogP contribution in [0, 0.1) is 23.0 Å². The maximum Gasteiger partial charge on any atom is 0.424 e. The van der Waals surface area contributed by atoms with E-state index >= 15 is 0 Å². The molecule has 0 amide bonds. The van der Waals surface area contributed by atoms with E-state index in [2.05, 4.69) is 0 Å². The third-order valence-corrected chi connectivity index (χ3v) is 4.76. The first kappa shape index (κ1) is 17.6. The van der Waals surface area contributed by atoms with E-state index in [0.29, 0.717) is 17.7 Å². The van der Waals surface area contributed by atoms with Gasteiger partial charge in [0.25, 0.3) is 0 Å². The van der Waals surface area contributed by atoms with Crippen LogP contribution in [0.15, 0.2) is 56.8 Å². The minimum atomic E-state index is -3.96. The van der Waals surface area contributed by atoms with Gasteiger partial charge in [0, 0.05) is 11.8 Å². The van der Waals surface area contributed by atoms with E-state index in [-0.39, 0.29) is 16.9 Å². The highest BCUT2D eigenvalue weighted by atomic mass is 32.2. The number of benzene rings is 2. The van der Waals surface area contributed by atoms with E-state index in [0.717, 1.165) is 17.1 Å². The van der Waals surface area contributed by atoms with Crippen LogP contribution in [0.5, 0.6) is 0 Å². The van der Waals surface area contributed by atoms with Crippen molar-refractivity contribution >= 4 is 9.84 Å². The Morgan fingerprint density at radius 3 is 2.35 bits per heavy atom. The summed E-state index contributed by atoms with van der Waals surface area (Å²) in [7, 11) is -3.96. The summed E-state index contributed by atoms with van der Waals surface area (Å²) in [5.74, 6) is -3.03.